The molecule has 2 rings (SSSR count). The topological polar surface area (TPSA) is 83.2 Å². The normalized spacial score (nSPS) is 9.85. The molecule has 0 aliphatic carbocycles. The van der Waals surface area contributed by atoms with Gasteiger partial charge in [-0.1, -0.05) is 0 Å². The highest BCUT2D eigenvalue weighted by Gasteiger charge is 2.15. The van der Waals surface area contributed by atoms with Crippen molar-refractivity contribution in [1.82, 2.24) is 4.98 Å². The van der Waals surface area contributed by atoms with E-state index in [0.29, 0.717) is 5.69 Å². The summed E-state index contributed by atoms with van der Waals surface area (Å²) in [6, 6.07) is 8.05. The van der Waals surface area contributed by atoms with E-state index in [-0.39, 0.29) is 22.8 Å². The molecule has 0 saturated carbocycles. The van der Waals surface area contributed by atoms with Crippen LogP contribution in [0.2, 0.25) is 0 Å². The molecule has 0 amide bonds. The van der Waals surface area contributed by atoms with Gasteiger partial charge in [0.25, 0.3) is 0 Å². The van der Waals surface area contributed by atoms with Crippen LogP contribution >= 0.6 is 0 Å². The maximum absolute atomic E-state index is 13.2. The molecule has 0 atom stereocenters. The van der Waals surface area contributed by atoms with E-state index in [4.69, 9.17) is 15.1 Å². The van der Waals surface area contributed by atoms with Gasteiger partial charge in [0.05, 0.1) is 0 Å². The predicted octanol–water partition coefficient (Wildman–Crippen LogP) is 2.89. The molecule has 100 valence electrons. The molecule has 0 aliphatic rings. The minimum Gasteiger partial charge on any atom is -0.478 e. The fourth-order valence-electron chi connectivity index (χ4n) is 1.56. The van der Waals surface area contributed by atoms with E-state index in [9.17, 15) is 9.18 Å². The Morgan fingerprint density at radius 3 is 2.80 bits per heavy atom. The van der Waals surface area contributed by atoms with Crippen LogP contribution in [0.15, 0.2) is 30.3 Å². The number of benzene rings is 1. The number of hydrogen-bond donors (Lipinski definition) is 1. The van der Waals surface area contributed by atoms with Gasteiger partial charge in [-0.3, -0.25) is 0 Å². The van der Waals surface area contributed by atoms with Crippen LogP contribution in [0.25, 0.3) is 0 Å². The number of aromatic carboxylic acids is 1. The molecule has 1 aromatic heterocycles. The van der Waals surface area contributed by atoms with Gasteiger partial charge in [-0.2, -0.15) is 5.26 Å². The van der Waals surface area contributed by atoms with E-state index in [0.717, 1.165) is 18.2 Å². The van der Waals surface area contributed by atoms with Crippen molar-refractivity contribution in [3.05, 3.63) is 53.0 Å². The van der Waals surface area contributed by atoms with Gasteiger partial charge in [0, 0.05) is 11.8 Å². The third-order valence-corrected chi connectivity index (χ3v) is 2.50. The summed E-state index contributed by atoms with van der Waals surface area (Å²) in [6.07, 6.45) is 0. The highest BCUT2D eigenvalue weighted by Crippen LogP contribution is 2.27. The summed E-state index contributed by atoms with van der Waals surface area (Å²) in [5.41, 5.74) is 0.516. The zero-order valence-corrected chi connectivity index (χ0v) is 10.4. The number of aryl methyl sites for hydroxylation is 1. The number of rotatable bonds is 3. The summed E-state index contributed by atoms with van der Waals surface area (Å²) >= 11 is 0. The lowest BCUT2D eigenvalue weighted by atomic mass is 10.2. The van der Waals surface area contributed by atoms with Gasteiger partial charge in [-0.15, -0.1) is 0 Å². The van der Waals surface area contributed by atoms with E-state index < -0.39 is 11.8 Å². The smallest absolute Gasteiger partial charge is 0.339 e. The number of carboxylic acids is 1. The molecule has 0 unspecified atom stereocenters. The first kappa shape index (κ1) is 13.5. The second-order valence-corrected chi connectivity index (χ2v) is 3.96. The Balaban J connectivity index is 2.50. The maximum Gasteiger partial charge on any atom is 0.339 e. The molecule has 0 bridgehead atoms. The molecule has 20 heavy (non-hydrogen) atoms. The Bertz CT molecular complexity index is 723. The number of nitrogens with zero attached hydrogens (tertiary/aromatic N) is 2. The number of carboxylic acid groups (broad SMARTS) is 1. The average molecular weight is 272 g/mol. The molecular formula is C14H9FN2O3. The fraction of sp³-hybridized carbons (Fsp3) is 0.0714. The highest BCUT2D eigenvalue weighted by atomic mass is 19.1. The number of hydrogen-bond acceptors (Lipinski definition) is 4. The molecule has 1 heterocycles. The summed E-state index contributed by atoms with van der Waals surface area (Å²) in [4.78, 5) is 15.1. The quantitative estimate of drug-likeness (QED) is 0.928. The summed E-state index contributed by atoms with van der Waals surface area (Å²) < 4.78 is 18.5. The maximum atomic E-state index is 13.2. The first-order chi connectivity index (χ1) is 9.51. The van der Waals surface area contributed by atoms with Gasteiger partial charge >= 0.3 is 5.97 Å². The largest absolute Gasteiger partial charge is 0.478 e. The summed E-state index contributed by atoms with van der Waals surface area (Å²) in [5.74, 6) is -2.16. The Hall–Kier alpha value is -2.94. The van der Waals surface area contributed by atoms with Gasteiger partial charge in [-0.05, 0) is 31.2 Å². The van der Waals surface area contributed by atoms with Crippen molar-refractivity contribution >= 4 is 5.97 Å². The van der Waals surface area contributed by atoms with Crippen molar-refractivity contribution in [3.8, 4) is 17.7 Å². The Morgan fingerprint density at radius 2 is 2.15 bits per heavy atom. The molecular weight excluding hydrogens is 263 g/mol. The molecule has 6 heteroatoms. The number of pyridine rings is 1. The van der Waals surface area contributed by atoms with Crippen molar-refractivity contribution in [2.45, 2.75) is 6.92 Å². The second kappa shape index (κ2) is 5.36. The number of carbonyl (C=O) groups is 1. The molecule has 5 nitrogen and oxygen atoms in total. The molecule has 0 spiro atoms. The summed E-state index contributed by atoms with van der Waals surface area (Å²) in [7, 11) is 0. The highest BCUT2D eigenvalue weighted by molar-refractivity contribution is 5.91. The monoisotopic (exact) mass is 272 g/mol. The molecule has 1 aromatic carbocycles. The van der Waals surface area contributed by atoms with Gasteiger partial charge in [0.15, 0.2) is 0 Å². The van der Waals surface area contributed by atoms with Gasteiger partial charge in [0.1, 0.15) is 28.8 Å². The first-order valence-electron chi connectivity index (χ1n) is 5.59. The number of ether oxygens (including phenoxy) is 1. The summed E-state index contributed by atoms with van der Waals surface area (Å²) in [5, 5.41) is 18.0. The van der Waals surface area contributed by atoms with Crippen molar-refractivity contribution in [3.63, 3.8) is 0 Å². The van der Waals surface area contributed by atoms with Gasteiger partial charge in [-0.25, -0.2) is 14.2 Å². The Labute approximate surface area is 113 Å². The lowest BCUT2D eigenvalue weighted by molar-refractivity contribution is 0.0694. The lowest BCUT2D eigenvalue weighted by Crippen LogP contribution is -2.02. The van der Waals surface area contributed by atoms with Crippen molar-refractivity contribution < 1.29 is 19.0 Å². The Morgan fingerprint density at radius 1 is 1.40 bits per heavy atom. The SMILES string of the molecule is Cc1ccc(C#N)c(Oc2cc(F)ccc2C(=O)O)n1. The zero-order chi connectivity index (χ0) is 14.7. The van der Waals surface area contributed by atoms with Crippen LogP contribution in [0.1, 0.15) is 21.6 Å². The standard InChI is InChI=1S/C14H9FN2O3/c1-8-2-3-9(7-16)13(17-8)20-12-6-10(15)4-5-11(12)14(18)19/h2-6H,1H3,(H,18,19). The fourth-order valence-corrected chi connectivity index (χ4v) is 1.56. The van der Waals surface area contributed by atoms with Crippen molar-refractivity contribution in [2.24, 2.45) is 0 Å². The van der Waals surface area contributed by atoms with Crippen LogP contribution in [0.5, 0.6) is 11.6 Å². The second-order valence-electron chi connectivity index (χ2n) is 3.96. The van der Waals surface area contributed by atoms with E-state index in [2.05, 4.69) is 4.98 Å². The third kappa shape index (κ3) is 2.72. The van der Waals surface area contributed by atoms with Crippen LogP contribution in [-0.2, 0) is 0 Å². The van der Waals surface area contributed by atoms with Crippen molar-refractivity contribution in [2.75, 3.05) is 0 Å². The van der Waals surface area contributed by atoms with Crippen LogP contribution in [0.4, 0.5) is 4.39 Å². The van der Waals surface area contributed by atoms with Crippen LogP contribution in [0, 0.1) is 24.1 Å². The van der Waals surface area contributed by atoms with Crippen LogP contribution < -0.4 is 4.74 Å². The minimum atomic E-state index is -1.26. The first-order valence-corrected chi connectivity index (χ1v) is 5.59. The number of nitriles is 1. The van der Waals surface area contributed by atoms with E-state index in [1.165, 1.54) is 6.07 Å². The average Bonchev–Trinajstić information content (AvgIpc) is 2.38. The van der Waals surface area contributed by atoms with E-state index in [1.807, 2.05) is 6.07 Å². The predicted molar refractivity (Wildman–Crippen MR) is 67.1 cm³/mol. The molecule has 2 aromatic rings. The number of aromatic nitrogens is 1. The van der Waals surface area contributed by atoms with Gasteiger partial charge < -0.3 is 9.84 Å². The zero-order valence-electron chi connectivity index (χ0n) is 10.4. The molecule has 0 fully saturated rings. The molecule has 0 saturated heterocycles. The number of halogens is 1. The van der Waals surface area contributed by atoms with Crippen LogP contribution in [0.3, 0.4) is 0 Å². The summed E-state index contributed by atoms with van der Waals surface area (Å²) in [6.45, 7) is 1.69. The molecule has 1 N–H and O–H groups in total. The molecule has 0 radical (unpaired) electrons. The molecule has 0 aliphatic heterocycles. The van der Waals surface area contributed by atoms with Crippen molar-refractivity contribution in [1.29, 1.82) is 5.26 Å². The van der Waals surface area contributed by atoms with Gasteiger partial charge in [0.2, 0.25) is 5.88 Å². The van der Waals surface area contributed by atoms with E-state index in [1.54, 1.807) is 13.0 Å². The minimum absolute atomic E-state index is 0.0550. The van der Waals surface area contributed by atoms with E-state index >= 15 is 0 Å². The lowest BCUT2D eigenvalue weighted by Gasteiger charge is -2.09. The third-order valence-electron chi connectivity index (χ3n) is 2.50. The Kier molecular flexibility index (Phi) is 3.62. The van der Waals surface area contributed by atoms with Crippen LogP contribution in [-0.4, -0.2) is 16.1 Å².